The van der Waals surface area contributed by atoms with E-state index in [1.54, 1.807) is 6.07 Å². The molecule has 4 nitrogen and oxygen atoms in total. The Kier molecular flexibility index (Phi) is 4.97. The quantitative estimate of drug-likeness (QED) is 0.862. The van der Waals surface area contributed by atoms with E-state index < -0.39 is 29.5 Å². The van der Waals surface area contributed by atoms with Gasteiger partial charge in [-0.1, -0.05) is 26.0 Å². The van der Waals surface area contributed by atoms with Crippen molar-refractivity contribution in [2.24, 2.45) is 11.1 Å². The van der Waals surface area contributed by atoms with Crippen molar-refractivity contribution in [2.75, 3.05) is 11.9 Å². The molecular weight excluding hydrogens is 321 g/mol. The van der Waals surface area contributed by atoms with E-state index in [0.29, 0.717) is 18.7 Å². The second kappa shape index (κ2) is 6.37. The number of alkyl halides is 3. The molecule has 0 bridgehead atoms. The van der Waals surface area contributed by atoms with E-state index >= 15 is 0 Å². The van der Waals surface area contributed by atoms with Crippen LogP contribution in [0, 0.1) is 5.41 Å². The first-order valence-corrected chi connectivity index (χ1v) is 7.87. The van der Waals surface area contributed by atoms with E-state index in [2.05, 4.69) is 5.32 Å². The maximum atomic E-state index is 12.6. The van der Waals surface area contributed by atoms with Gasteiger partial charge in [-0.05, 0) is 24.6 Å². The van der Waals surface area contributed by atoms with Crippen molar-refractivity contribution in [3.8, 4) is 0 Å². The van der Waals surface area contributed by atoms with Gasteiger partial charge in [0, 0.05) is 24.1 Å². The van der Waals surface area contributed by atoms with E-state index in [1.165, 1.54) is 18.2 Å². The molecule has 134 valence electrons. The van der Waals surface area contributed by atoms with Crippen LogP contribution in [-0.4, -0.2) is 30.3 Å². The second-order valence-electron chi connectivity index (χ2n) is 6.79. The maximum absolute atomic E-state index is 12.6. The molecule has 0 radical (unpaired) electrons. The van der Waals surface area contributed by atoms with Gasteiger partial charge in [0.25, 0.3) is 0 Å². The summed E-state index contributed by atoms with van der Waals surface area (Å²) in [4.78, 5) is 12.6. The number of amides is 1. The van der Waals surface area contributed by atoms with Crippen LogP contribution in [0.3, 0.4) is 0 Å². The summed E-state index contributed by atoms with van der Waals surface area (Å²) >= 11 is 0. The number of anilines is 1. The lowest BCUT2D eigenvalue weighted by atomic mass is 9.54. The van der Waals surface area contributed by atoms with Gasteiger partial charge in [0.05, 0.1) is 12.5 Å². The van der Waals surface area contributed by atoms with Crippen LogP contribution in [0.1, 0.15) is 32.8 Å². The Bertz CT molecular complexity index is 616. The largest absolute Gasteiger partial charge is 0.393 e. The Hall–Kier alpha value is -1.60. The zero-order valence-corrected chi connectivity index (χ0v) is 14.0. The molecule has 7 heteroatoms. The number of rotatable bonds is 5. The number of nitrogens with one attached hydrogen (secondary N) is 1. The molecule has 0 saturated heterocycles. The molecule has 1 aliphatic rings. The molecule has 2 unspecified atom stereocenters. The number of carbonyl (C=O) groups is 1. The lowest BCUT2D eigenvalue weighted by molar-refractivity contribution is -0.166. The van der Waals surface area contributed by atoms with Crippen molar-refractivity contribution in [2.45, 2.75) is 51.4 Å². The first-order valence-electron chi connectivity index (χ1n) is 7.87. The molecule has 1 aliphatic carbocycles. The van der Waals surface area contributed by atoms with Crippen LogP contribution in [0.2, 0.25) is 0 Å². The van der Waals surface area contributed by atoms with Crippen molar-refractivity contribution in [1.29, 1.82) is 0 Å². The van der Waals surface area contributed by atoms with Gasteiger partial charge >= 0.3 is 6.18 Å². The molecule has 24 heavy (non-hydrogen) atoms. The minimum Gasteiger partial charge on any atom is -0.378 e. The summed E-state index contributed by atoms with van der Waals surface area (Å²) in [6.07, 6.45) is -5.07. The zero-order valence-electron chi connectivity index (χ0n) is 14.0. The first kappa shape index (κ1) is 18.7. The predicted molar refractivity (Wildman–Crippen MR) is 85.6 cm³/mol. The van der Waals surface area contributed by atoms with Crippen molar-refractivity contribution in [1.82, 2.24) is 0 Å². The van der Waals surface area contributed by atoms with Crippen molar-refractivity contribution >= 4 is 11.6 Å². The van der Waals surface area contributed by atoms with Crippen molar-refractivity contribution < 1.29 is 22.7 Å². The fourth-order valence-corrected chi connectivity index (χ4v) is 3.05. The van der Waals surface area contributed by atoms with E-state index in [-0.39, 0.29) is 11.7 Å². The average Bonchev–Trinajstić information content (AvgIpc) is 2.45. The first-order chi connectivity index (χ1) is 11.0. The summed E-state index contributed by atoms with van der Waals surface area (Å²) in [6, 6.07) is 5.72. The summed E-state index contributed by atoms with van der Waals surface area (Å²) in [5.41, 5.74) is 4.98. The van der Waals surface area contributed by atoms with Gasteiger partial charge in [-0.3, -0.25) is 4.79 Å². The summed E-state index contributed by atoms with van der Waals surface area (Å²) in [5.74, 6) is -0.410. The third-order valence-electron chi connectivity index (χ3n) is 4.82. The van der Waals surface area contributed by atoms with Crippen LogP contribution in [0.5, 0.6) is 0 Å². The molecule has 0 aromatic heterocycles. The van der Waals surface area contributed by atoms with E-state index in [1.807, 2.05) is 20.8 Å². The Morgan fingerprint density at radius 1 is 1.42 bits per heavy atom. The van der Waals surface area contributed by atoms with Gasteiger partial charge in [0.2, 0.25) is 5.91 Å². The molecule has 1 aromatic rings. The molecular formula is C17H23F3N2O2. The fraction of sp³-hybridized carbons (Fsp3) is 0.588. The minimum absolute atomic E-state index is 0.0893. The van der Waals surface area contributed by atoms with Crippen LogP contribution in [0.25, 0.3) is 0 Å². The highest BCUT2D eigenvalue weighted by Gasteiger charge is 2.62. The van der Waals surface area contributed by atoms with Gasteiger partial charge < -0.3 is 15.8 Å². The zero-order chi connectivity index (χ0) is 18.2. The molecule has 0 aliphatic heterocycles. The molecule has 1 fully saturated rings. The summed E-state index contributed by atoms with van der Waals surface area (Å²) in [6.45, 7) is 6.12. The third kappa shape index (κ3) is 3.57. The van der Waals surface area contributed by atoms with E-state index in [0.717, 1.165) is 0 Å². The van der Waals surface area contributed by atoms with Crippen LogP contribution in [0.4, 0.5) is 18.9 Å². The van der Waals surface area contributed by atoms with Crippen LogP contribution in [0.15, 0.2) is 24.3 Å². The Labute approximate surface area is 139 Å². The molecule has 3 N–H and O–H groups in total. The molecule has 1 saturated carbocycles. The number of halogens is 3. The summed E-state index contributed by atoms with van der Waals surface area (Å²) < 4.78 is 43.0. The molecule has 0 heterocycles. The number of hydrogen-bond donors (Lipinski definition) is 2. The standard InChI is InChI=1S/C17H23F3N2O2/c1-4-24-13-10-16(21,15(13,2)3)14(23)22-12-7-5-6-11(8-12)9-17(18,19)20/h5-8,13H,4,9-10,21H2,1-3H3,(H,22,23). The van der Waals surface area contributed by atoms with Gasteiger partial charge in [-0.15, -0.1) is 0 Å². The number of hydrogen-bond acceptors (Lipinski definition) is 3. The van der Waals surface area contributed by atoms with Gasteiger partial charge in [0.15, 0.2) is 0 Å². The highest BCUT2D eigenvalue weighted by atomic mass is 19.4. The monoisotopic (exact) mass is 344 g/mol. The number of carbonyl (C=O) groups excluding carboxylic acids is 1. The normalized spacial score (nSPS) is 25.9. The summed E-state index contributed by atoms with van der Waals surface area (Å²) in [7, 11) is 0. The van der Waals surface area contributed by atoms with Crippen LogP contribution < -0.4 is 11.1 Å². The molecule has 2 rings (SSSR count). The second-order valence-corrected chi connectivity index (χ2v) is 6.79. The summed E-state index contributed by atoms with van der Waals surface area (Å²) in [5, 5.41) is 2.64. The SMILES string of the molecule is CCOC1CC(N)(C(=O)Nc2cccc(CC(F)(F)F)c2)C1(C)C. The third-order valence-corrected chi connectivity index (χ3v) is 4.82. The Balaban J connectivity index is 2.09. The number of ether oxygens (including phenoxy) is 1. The Morgan fingerprint density at radius 2 is 2.08 bits per heavy atom. The van der Waals surface area contributed by atoms with Gasteiger partial charge in [-0.25, -0.2) is 0 Å². The van der Waals surface area contributed by atoms with Crippen molar-refractivity contribution in [3.05, 3.63) is 29.8 Å². The maximum Gasteiger partial charge on any atom is 0.393 e. The Morgan fingerprint density at radius 3 is 2.62 bits per heavy atom. The van der Waals surface area contributed by atoms with E-state index in [9.17, 15) is 18.0 Å². The molecule has 1 aromatic carbocycles. The van der Waals surface area contributed by atoms with Crippen LogP contribution >= 0.6 is 0 Å². The lowest BCUT2D eigenvalue weighted by Crippen LogP contribution is -2.74. The van der Waals surface area contributed by atoms with Crippen molar-refractivity contribution in [3.63, 3.8) is 0 Å². The average molecular weight is 344 g/mol. The molecule has 1 amide bonds. The highest BCUT2D eigenvalue weighted by Crippen LogP contribution is 2.50. The van der Waals surface area contributed by atoms with Gasteiger partial charge in [-0.2, -0.15) is 13.2 Å². The molecule has 0 spiro atoms. The highest BCUT2D eigenvalue weighted by molar-refractivity contribution is 5.99. The van der Waals surface area contributed by atoms with Gasteiger partial charge in [0.1, 0.15) is 5.54 Å². The number of benzene rings is 1. The number of nitrogens with two attached hydrogens (primary N) is 1. The topological polar surface area (TPSA) is 64.3 Å². The minimum atomic E-state index is -4.29. The fourth-order valence-electron chi connectivity index (χ4n) is 3.05. The molecule has 2 atom stereocenters. The van der Waals surface area contributed by atoms with Crippen LogP contribution in [-0.2, 0) is 16.0 Å². The lowest BCUT2D eigenvalue weighted by Gasteiger charge is -2.57. The smallest absolute Gasteiger partial charge is 0.378 e. The predicted octanol–water partition coefficient (Wildman–Crippen LogP) is 3.26. The van der Waals surface area contributed by atoms with E-state index in [4.69, 9.17) is 10.5 Å².